The molecule has 150 valence electrons. The van der Waals surface area contributed by atoms with E-state index in [0.29, 0.717) is 38.8 Å². The quantitative estimate of drug-likeness (QED) is 0.344. The van der Waals surface area contributed by atoms with E-state index in [0.717, 1.165) is 10.7 Å². The number of halogens is 3. The third kappa shape index (κ3) is 5.54. The van der Waals surface area contributed by atoms with Crippen molar-refractivity contribution in [2.45, 2.75) is 24.0 Å². The summed E-state index contributed by atoms with van der Waals surface area (Å²) in [5, 5.41) is 13.5. The fourth-order valence-electron chi connectivity index (χ4n) is 2.53. The Bertz CT molecular complexity index is 1040. The fourth-order valence-corrected chi connectivity index (χ4v) is 4.08. The van der Waals surface area contributed by atoms with Gasteiger partial charge in [-0.1, -0.05) is 70.8 Å². The SMILES string of the molecule is C=CCn1c(CNC(=O)c2ccc(Cl)c(Cl)c2)nnc1SCc1ccccc1Cl. The number of allylic oxidation sites excluding steroid dienone is 1. The molecule has 1 aromatic heterocycles. The predicted molar refractivity (Wildman–Crippen MR) is 119 cm³/mol. The Hall–Kier alpha value is -1.99. The standard InChI is InChI=1S/C20H17Cl3N4OS/c1-2-9-27-18(11-24-19(28)13-7-8-16(22)17(23)10-13)25-26-20(27)29-12-14-5-3-4-6-15(14)21/h2-8,10H,1,9,11-12H2,(H,24,28). The number of nitrogens with one attached hydrogen (secondary N) is 1. The minimum atomic E-state index is -0.276. The van der Waals surface area contributed by atoms with Gasteiger partial charge in [0.15, 0.2) is 11.0 Å². The van der Waals surface area contributed by atoms with Crippen LogP contribution in [0, 0.1) is 0 Å². The smallest absolute Gasteiger partial charge is 0.251 e. The van der Waals surface area contributed by atoms with E-state index in [1.807, 2.05) is 28.8 Å². The van der Waals surface area contributed by atoms with Crippen molar-refractivity contribution in [3.05, 3.63) is 87.1 Å². The van der Waals surface area contributed by atoms with Crippen LogP contribution in [-0.4, -0.2) is 20.7 Å². The third-order valence-electron chi connectivity index (χ3n) is 4.01. The topological polar surface area (TPSA) is 59.8 Å². The highest BCUT2D eigenvalue weighted by atomic mass is 35.5. The van der Waals surface area contributed by atoms with Crippen LogP contribution in [-0.2, 0) is 18.8 Å². The number of aromatic nitrogens is 3. The number of nitrogens with zero attached hydrogens (tertiary/aromatic N) is 3. The van der Waals surface area contributed by atoms with Gasteiger partial charge in [-0.25, -0.2) is 0 Å². The Morgan fingerprint density at radius 2 is 1.90 bits per heavy atom. The molecule has 0 unspecified atom stereocenters. The van der Waals surface area contributed by atoms with E-state index < -0.39 is 0 Å². The highest BCUT2D eigenvalue weighted by Gasteiger charge is 2.14. The molecule has 5 nitrogen and oxygen atoms in total. The molecule has 2 aromatic carbocycles. The van der Waals surface area contributed by atoms with Crippen molar-refractivity contribution >= 4 is 52.5 Å². The number of benzene rings is 2. The summed E-state index contributed by atoms with van der Waals surface area (Å²) < 4.78 is 1.91. The van der Waals surface area contributed by atoms with Gasteiger partial charge in [0.05, 0.1) is 16.6 Å². The molecule has 1 amide bonds. The molecule has 3 rings (SSSR count). The summed E-state index contributed by atoms with van der Waals surface area (Å²) in [4.78, 5) is 12.4. The van der Waals surface area contributed by atoms with Gasteiger partial charge in [-0.3, -0.25) is 4.79 Å². The third-order valence-corrected chi connectivity index (χ3v) is 6.13. The highest BCUT2D eigenvalue weighted by molar-refractivity contribution is 7.98. The van der Waals surface area contributed by atoms with E-state index in [1.54, 1.807) is 18.2 Å². The lowest BCUT2D eigenvalue weighted by atomic mass is 10.2. The summed E-state index contributed by atoms with van der Waals surface area (Å²) >= 11 is 19.6. The van der Waals surface area contributed by atoms with Gasteiger partial charge in [0.2, 0.25) is 0 Å². The number of amides is 1. The van der Waals surface area contributed by atoms with Crippen molar-refractivity contribution in [1.29, 1.82) is 0 Å². The number of thioether (sulfide) groups is 1. The zero-order valence-corrected chi connectivity index (χ0v) is 18.3. The Labute approximate surface area is 188 Å². The second-order valence-corrected chi connectivity index (χ2v) is 8.15. The molecule has 29 heavy (non-hydrogen) atoms. The van der Waals surface area contributed by atoms with E-state index in [9.17, 15) is 4.79 Å². The van der Waals surface area contributed by atoms with Crippen molar-refractivity contribution < 1.29 is 4.79 Å². The van der Waals surface area contributed by atoms with Crippen LogP contribution in [0.25, 0.3) is 0 Å². The lowest BCUT2D eigenvalue weighted by Crippen LogP contribution is -2.24. The van der Waals surface area contributed by atoms with Crippen molar-refractivity contribution in [1.82, 2.24) is 20.1 Å². The zero-order valence-electron chi connectivity index (χ0n) is 15.2. The van der Waals surface area contributed by atoms with Gasteiger partial charge in [0.25, 0.3) is 5.91 Å². The zero-order chi connectivity index (χ0) is 20.8. The van der Waals surface area contributed by atoms with Gasteiger partial charge < -0.3 is 9.88 Å². The van der Waals surface area contributed by atoms with E-state index in [4.69, 9.17) is 34.8 Å². The number of carbonyl (C=O) groups excluding carboxylic acids is 1. The lowest BCUT2D eigenvalue weighted by Gasteiger charge is -2.09. The molecule has 0 atom stereocenters. The van der Waals surface area contributed by atoms with Gasteiger partial charge >= 0.3 is 0 Å². The number of rotatable bonds is 8. The molecule has 0 aliphatic heterocycles. The van der Waals surface area contributed by atoms with Crippen LogP contribution >= 0.6 is 46.6 Å². The van der Waals surface area contributed by atoms with E-state index in [1.165, 1.54) is 17.8 Å². The number of carbonyl (C=O) groups is 1. The molecule has 0 spiro atoms. The molecule has 0 radical (unpaired) electrons. The average Bonchev–Trinajstić information content (AvgIpc) is 3.09. The lowest BCUT2D eigenvalue weighted by molar-refractivity contribution is 0.0949. The first-order chi connectivity index (χ1) is 14.0. The van der Waals surface area contributed by atoms with Gasteiger partial charge in [-0.05, 0) is 29.8 Å². The predicted octanol–water partition coefficient (Wildman–Crippen LogP) is 5.65. The molecule has 1 heterocycles. The number of hydrogen-bond donors (Lipinski definition) is 1. The van der Waals surface area contributed by atoms with E-state index in [2.05, 4.69) is 22.1 Å². The Morgan fingerprint density at radius 1 is 1.10 bits per heavy atom. The summed E-state index contributed by atoms with van der Waals surface area (Å²) in [6, 6.07) is 12.4. The first-order valence-corrected chi connectivity index (χ1v) is 10.7. The molecule has 1 N–H and O–H groups in total. The summed E-state index contributed by atoms with van der Waals surface area (Å²) in [5.74, 6) is 1.01. The average molecular weight is 468 g/mol. The van der Waals surface area contributed by atoms with Gasteiger partial charge in [0, 0.05) is 22.9 Å². The normalized spacial score (nSPS) is 10.7. The molecule has 0 saturated carbocycles. The molecule has 0 fully saturated rings. The first-order valence-electron chi connectivity index (χ1n) is 8.62. The Morgan fingerprint density at radius 3 is 2.62 bits per heavy atom. The monoisotopic (exact) mass is 466 g/mol. The maximum absolute atomic E-state index is 12.4. The maximum atomic E-state index is 12.4. The van der Waals surface area contributed by atoms with Crippen LogP contribution in [0.2, 0.25) is 15.1 Å². The van der Waals surface area contributed by atoms with Gasteiger partial charge in [-0.15, -0.1) is 16.8 Å². The molecule has 9 heteroatoms. The van der Waals surface area contributed by atoms with Crippen LogP contribution in [0.15, 0.2) is 60.3 Å². The van der Waals surface area contributed by atoms with Crippen LogP contribution in [0.5, 0.6) is 0 Å². The first kappa shape index (κ1) is 21.7. The molecular weight excluding hydrogens is 451 g/mol. The van der Waals surface area contributed by atoms with Crippen molar-refractivity contribution in [3.8, 4) is 0 Å². The minimum absolute atomic E-state index is 0.215. The Balaban J connectivity index is 1.69. The molecule has 3 aromatic rings. The molecule has 0 aliphatic rings. The minimum Gasteiger partial charge on any atom is -0.345 e. The second-order valence-electron chi connectivity index (χ2n) is 5.99. The molecule has 0 aliphatic carbocycles. The van der Waals surface area contributed by atoms with Crippen LogP contribution in [0.3, 0.4) is 0 Å². The van der Waals surface area contributed by atoms with E-state index >= 15 is 0 Å². The van der Waals surface area contributed by atoms with Crippen LogP contribution in [0.1, 0.15) is 21.7 Å². The summed E-state index contributed by atoms with van der Waals surface area (Å²) in [6.45, 7) is 4.53. The summed E-state index contributed by atoms with van der Waals surface area (Å²) in [5.41, 5.74) is 1.43. The molecular formula is C20H17Cl3N4OS. The van der Waals surface area contributed by atoms with Crippen molar-refractivity contribution in [3.63, 3.8) is 0 Å². The van der Waals surface area contributed by atoms with Crippen molar-refractivity contribution in [2.75, 3.05) is 0 Å². The summed E-state index contributed by atoms with van der Waals surface area (Å²) in [6.07, 6.45) is 1.76. The van der Waals surface area contributed by atoms with Gasteiger partial charge in [-0.2, -0.15) is 0 Å². The summed E-state index contributed by atoms with van der Waals surface area (Å²) in [7, 11) is 0. The highest BCUT2D eigenvalue weighted by Crippen LogP contribution is 2.26. The molecule has 0 saturated heterocycles. The second kappa shape index (κ2) is 10.2. The van der Waals surface area contributed by atoms with Gasteiger partial charge in [0.1, 0.15) is 0 Å². The maximum Gasteiger partial charge on any atom is 0.251 e. The van der Waals surface area contributed by atoms with E-state index in [-0.39, 0.29) is 12.5 Å². The van der Waals surface area contributed by atoms with Crippen molar-refractivity contribution in [2.24, 2.45) is 0 Å². The van der Waals surface area contributed by atoms with Crippen LogP contribution in [0.4, 0.5) is 0 Å². The largest absolute Gasteiger partial charge is 0.345 e. The Kier molecular flexibility index (Phi) is 7.61. The number of hydrogen-bond acceptors (Lipinski definition) is 4. The fraction of sp³-hybridized carbons (Fsp3) is 0.150. The molecule has 0 bridgehead atoms. The van der Waals surface area contributed by atoms with Crippen LogP contribution < -0.4 is 5.32 Å².